The van der Waals surface area contributed by atoms with E-state index in [0.717, 1.165) is 29.6 Å². The first-order chi connectivity index (χ1) is 12.6. The third-order valence-electron chi connectivity index (χ3n) is 4.12. The molecule has 0 fully saturated rings. The number of imidazole rings is 1. The summed E-state index contributed by atoms with van der Waals surface area (Å²) >= 11 is 12.4. The molecule has 4 aromatic rings. The van der Waals surface area contributed by atoms with Crippen LogP contribution in [0.1, 0.15) is 12.1 Å². The van der Waals surface area contributed by atoms with Gasteiger partial charge in [0.25, 0.3) is 0 Å². The minimum absolute atomic E-state index is 0. The quantitative estimate of drug-likeness (QED) is 0.395. The zero-order chi connectivity index (χ0) is 18.1. The normalized spacial score (nSPS) is 10.7. The fraction of sp³-hybridized carbons (Fsp3) is 0.235. The Hall–Kier alpha value is -1.77. The molecule has 0 aliphatic carbocycles. The minimum atomic E-state index is 0. The zero-order valence-electron chi connectivity index (χ0n) is 14.7. The van der Waals surface area contributed by atoms with Crippen molar-refractivity contribution in [1.29, 1.82) is 0 Å². The zero-order valence-corrected chi connectivity index (χ0v) is 17.8. The van der Waals surface area contributed by atoms with Crippen LogP contribution in [-0.4, -0.2) is 38.0 Å². The average molecular weight is 463 g/mol. The van der Waals surface area contributed by atoms with E-state index in [0.29, 0.717) is 40.4 Å². The number of nitrogens with one attached hydrogen (secondary N) is 2. The van der Waals surface area contributed by atoms with Crippen LogP contribution >= 0.6 is 48.0 Å². The van der Waals surface area contributed by atoms with Gasteiger partial charge in [-0.2, -0.15) is 4.98 Å². The van der Waals surface area contributed by atoms with Crippen molar-refractivity contribution in [2.45, 2.75) is 13.0 Å². The van der Waals surface area contributed by atoms with Crippen LogP contribution < -0.4 is 10.6 Å². The van der Waals surface area contributed by atoms with Crippen molar-refractivity contribution < 1.29 is 0 Å². The molecule has 0 radical (unpaired) electrons. The maximum Gasteiger partial charge on any atom is 0.206 e. The number of rotatable bonds is 6. The molecule has 1 aromatic carbocycles. The number of hydrogen-bond acceptors (Lipinski definition) is 5. The molecule has 0 saturated heterocycles. The predicted molar refractivity (Wildman–Crippen MR) is 119 cm³/mol. The monoisotopic (exact) mass is 461 g/mol. The van der Waals surface area contributed by atoms with E-state index >= 15 is 0 Å². The first kappa shape index (κ1) is 22.5. The first-order valence-corrected chi connectivity index (χ1v) is 8.98. The van der Waals surface area contributed by atoms with Gasteiger partial charge < -0.3 is 20.6 Å². The number of halogens is 4. The minimum Gasteiger partial charge on any atom is -0.357 e. The molecule has 4 N–H and O–H groups in total. The molecular formula is C17H19Cl4N7. The van der Waals surface area contributed by atoms with E-state index < -0.39 is 0 Å². The molecule has 150 valence electrons. The fourth-order valence-electron chi connectivity index (χ4n) is 2.94. The van der Waals surface area contributed by atoms with Crippen LogP contribution in [0.2, 0.25) is 10.0 Å². The summed E-state index contributed by atoms with van der Waals surface area (Å²) in [7, 11) is 0. The molecule has 0 aliphatic heterocycles. The van der Waals surface area contributed by atoms with E-state index in [9.17, 15) is 0 Å². The van der Waals surface area contributed by atoms with Crippen molar-refractivity contribution in [3.8, 4) is 0 Å². The Balaban J connectivity index is 0.00000140. The van der Waals surface area contributed by atoms with Crippen LogP contribution in [0.15, 0.2) is 30.6 Å². The molecule has 4 rings (SSSR count). The summed E-state index contributed by atoms with van der Waals surface area (Å²) in [5.74, 6) is 0.711. The summed E-state index contributed by atoms with van der Waals surface area (Å²) in [5, 5.41) is 2.17. The summed E-state index contributed by atoms with van der Waals surface area (Å²) in [6.07, 6.45) is 4.10. The van der Waals surface area contributed by atoms with Gasteiger partial charge in [0.2, 0.25) is 5.95 Å². The van der Waals surface area contributed by atoms with Gasteiger partial charge >= 0.3 is 0 Å². The first-order valence-electron chi connectivity index (χ1n) is 8.22. The lowest BCUT2D eigenvalue weighted by Gasteiger charge is -2.20. The third kappa shape index (κ3) is 4.61. The van der Waals surface area contributed by atoms with Gasteiger partial charge in [0.05, 0.1) is 11.6 Å². The molecule has 3 aromatic heterocycles. The van der Waals surface area contributed by atoms with E-state index in [-0.39, 0.29) is 24.8 Å². The summed E-state index contributed by atoms with van der Waals surface area (Å²) < 4.78 is 0. The number of hydrogen-bond donors (Lipinski definition) is 3. The highest BCUT2D eigenvalue weighted by molar-refractivity contribution is 6.38. The van der Waals surface area contributed by atoms with Crippen LogP contribution in [0.3, 0.4) is 0 Å². The van der Waals surface area contributed by atoms with Crippen molar-refractivity contribution in [3.63, 3.8) is 0 Å². The second kappa shape index (κ2) is 9.62. The lowest BCUT2D eigenvalue weighted by molar-refractivity contribution is 0.713. The van der Waals surface area contributed by atoms with E-state index in [4.69, 9.17) is 28.9 Å². The maximum absolute atomic E-state index is 6.30. The molecule has 0 atom stereocenters. The number of nitrogens with zero attached hydrogens (tertiary/aromatic N) is 4. The third-order valence-corrected chi connectivity index (χ3v) is 4.65. The van der Waals surface area contributed by atoms with Crippen molar-refractivity contribution in [1.82, 2.24) is 24.9 Å². The summed E-state index contributed by atoms with van der Waals surface area (Å²) in [6.45, 7) is 1.96. The number of aromatic amines is 2. The molecule has 7 nitrogen and oxygen atoms in total. The second-order valence-corrected chi connectivity index (χ2v) is 6.84. The Morgan fingerprint density at radius 3 is 2.57 bits per heavy atom. The van der Waals surface area contributed by atoms with Crippen molar-refractivity contribution in [3.05, 3.63) is 46.3 Å². The number of fused-ring (bicyclic) bond motifs is 2. The lowest BCUT2D eigenvalue weighted by atomic mass is 10.2. The van der Waals surface area contributed by atoms with E-state index in [1.807, 2.05) is 12.1 Å². The standard InChI is InChI=1S/C17H17Cl2N7.2ClH/c18-10-6-13(19)12-8-11(23-14(12)7-10)9-26(5-1-2-20)17-24-15-16(25-17)22-4-3-21-15;;/h3-4,6-8,23H,1-2,5,9,20H2,(H,21,22,24,25);2*1H. The molecule has 11 heteroatoms. The van der Waals surface area contributed by atoms with Crippen molar-refractivity contribution in [2.24, 2.45) is 5.73 Å². The summed E-state index contributed by atoms with van der Waals surface area (Å²) in [5.41, 5.74) is 8.86. The summed E-state index contributed by atoms with van der Waals surface area (Å²) in [4.78, 5) is 21.7. The molecule has 0 spiro atoms. The molecule has 0 amide bonds. The fourth-order valence-corrected chi connectivity index (χ4v) is 3.48. The van der Waals surface area contributed by atoms with Crippen LogP contribution in [0.4, 0.5) is 5.95 Å². The second-order valence-electron chi connectivity index (χ2n) is 6.00. The van der Waals surface area contributed by atoms with Gasteiger partial charge in [-0.25, -0.2) is 9.97 Å². The Bertz CT molecular complexity index is 1030. The van der Waals surface area contributed by atoms with Gasteiger partial charge in [0.15, 0.2) is 11.3 Å². The maximum atomic E-state index is 6.30. The molecule has 0 saturated carbocycles. The van der Waals surface area contributed by atoms with Gasteiger partial charge in [0, 0.05) is 40.6 Å². The van der Waals surface area contributed by atoms with Gasteiger partial charge in [-0.1, -0.05) is 23.2 Å². The van der Waals surface area contributed by atoms with Crippen LogP contribution in [0.25, 0.3) is 22.2 Å². The Morgan fingerprint density at radius 1 is 1.04 bits per heavy atom. The smallest absolute Gasteiger partial charge is 0.206 e. The van der Waals surface area contributed by atoms with Crippen molar-refractivity contribution >= 4 is 76.2 Å². The largest absolute Gasteiger partial charge is 0.357 e. The topological polar surface area (TPSA) is 99.5 Å². The molecule has 3 heterocycles. The highest BCUT2D eigenvalue weighted by Crippen LogP contribution is 2.29. The van der Waals surface area contributed by atoms with Gasteiger partial charge in [-0.05, 0) is 31.2 Å². The number of anilines is 1. The SMILES string of the molecule is Cl.Cl.NCCCN(Cc1cc2c(Cl)cc(Cl)cc2[nH]1)c1nc2nccnc2[nH]1. The Labute approximate surface area is 183 Å². The molecule has 0 bridgehead atoms. The number of aromatic nitrogens is 5. The molecule has 28 heavy (non-hydrogen) atoms. The molecule has 0 aliphatic rings. The van der Waals surface area contributed by atoms with E-state index in [1.165, 1.54) is 0 Å². The molecule has 0 unspecified atom stereocenters. The van der Waals surface area contributed by atoms with E-state index in [1.54, 1.807) is 18.5 Å². The predicted octanol–water partition coefficient (Wildman–Crippen LogP) is 4.34. The summed E-state index contributed by atoms with van der Waals surface area (Å²) in [6, 6.07) is 5.64. The Morgan fingerprint density at radius 2 is 1.82 bits per heavy atom. The highest BCUT2D eigenvalue weighted by atomic mass is 35.5. The number of benzene rings is 1. The van der Waals surface area contributed by atoms with Crippen molar-refractivity contribution in [2.75, 3.05) is 18.0 Å². The Kier molecular flexibility index (Phi) is 7.74. The van der Waals surface area contributed by atoms with Crippen LogP contribution in [-0.2, 0) is 6.54 Å². The van der Waals surface area contributed by atoms with Crippen LogP contribution in [0, 0.1) is 0 Å². The number of nitrogens with two attached hydrogens (primary N) is 1. The highest BCUT2D eigenvalue weighted by Gasteiger charge is 2.15. The van der Waals surface area contributed by atoms with Crippen LogP contribution in [0.5, 0.6) is 0 Å². The van der Waals surface area contributed by atoms with E-state index in [2.05, 4.69) is 29.8 Å². The lowest BCUT2D eigenvalue weighted by Crippen LogP contribution is -2.26. The van der Waals surface area contributed by atoms with Gasteiger partial charge in [0.1, 0.15) is 0 Å². The van der Waals surface area contributed by atoms with Gasteiger partial charge in [-0.15, -0.1) is 24.8 Å². The number of H-pyrrole nitrogens is 2. The average Bonchev–Trinajstić information content (AvgIpc) is 3.22. The molecular weight excluding hydrogens is 444 g/mol. The van der Waals surface area contributed by atoms with Gasteiger partial charge in [-0.3, -0.25) is 0 Å².